The van der Waals surface area contributed by atoms with Gasteiger partial charge < -0.3 is 19.9 Å². The van der Waals surface area contributed by atoms with E-state index in [1.807, 2.05) is 0 Å². The predicted molar refractivity (Wildman–Crippen MR) is 92.4 cm³/mol. The van der Waals surface area contributed by atoms with Gasteiger partial charge in [-0.3, -0.25) is 0 Å². The number of alkyl halides is 3. The monoisotopic (exact) mass is 407 g/mol. The summed E-state index contributed by atoms with van der Waals surface area (Å²) in [5.74, 6) is 0.811. The number of nitrogens with one attached hydrogen (secondary N) is 1. The minimum Gasteiger partial charge on any atom is -0.467 e. The van der Waals surface area contributed by atoms with E-state index in [1.165, 1.54) is 12.3 Å². The topological polar surface area (TPSA) is 77.2 Å². The molecule has 0 fully saturated rings. The minimum atomic E-state index is -4.37. The van der Waals surface area contributed by atoms with Crippen LogP contribution in [0.2, 0.25) is 10.2 Å². The van der Waals surface area contributed by atoms with Crippen LogP contribution in [0.4, 0.5) is 18.9 Å². The Morgan fingerprint density at radius 2 is 2.08 bits per heavy atom. The van der Waals surface area contributed by atoms with Crippen LogP contribution < -0.4 is 11.1 Å². The van der Waals surface area contributed by atoms with Crippen LogP contribution in [0.15, 0.2) is 33.3 Å². The van der Waals surface area contributed by atoms with E-state index in [1.54, 1.807) is 12.1 Å². The molecule has 0 unspecified atom stereocenters. The largest absolute Gasteiger partial charge is 0.467 e. The molecular formula is C16H14Cl2F3N3O2. The Balaban J connectivity index is 1.87. The molecule has 0 saturated heterocycles. The number of halogens is 5. The Kier molecular flexibility index (Phi) is 5.36. The van der Waals surface area contributed by atoms with Crippen LogP contribution in [-0.2, 0) is 13.0 Å². The number of furan rings is 2. The molecule has 0 saturated carbocycles. The lowest BCUT2D eigenvalue weighted by Crippen LogP contribution is -2.29. The van der Waals surface area contributed by atoms with Crippen molar-refractivity contribution < 1.29 is 22.0 Å². The molecule has 5 nitrogen and oxygen atoms in total. The zero-order valence-corrected chi connectivity index (χ0v) is 14.8. The molecule has 26 heavy (non-hydrogen) atoms. The van der Waals surface area contributed by atoms with Crippen molar-refractivity contribution in [3.05, 3.63) is 46.2 Å². The van der Waals surface area contributed by atoms with Gasteiger partial charge >= 0.3 is 6.18 Å². The van der Waals surface area contributed by atoms with Crippen LogP contribution in [0.5, 0.6) is 0 Å². The average Bonchev–Trinajstić information content (AvgIpc) is 3.13. The number of hydrogen-bond acceptors (Lipinski definition) is 5. The second-order valence-corrected chi connectivity index (χ2v) is 6.49. The second-order valence-electron chi connectivity index (χ2n) is 5.73. The average molecular weight is 408 g/mol. The highest BCUT2D eigenvalue weighted by atomic mass is 35.5. The van der Waals surface area contributed by atoms with E-state index in [0.717, 1.165) is 0 Å². The van der Waals surface area contributed by atoms with Gasteiger partial charge in [0.25, 0.3) is 0 Å². The van der Waals surface area contributed by atoms with E-state index >= 15 is 0 Å². The highest BCUT2D eigenvalue weighted by Gasteiger charge is 2.31. The third-order valence-corrected chi connectivity index (χ3v) is 4.18. The molecule has 0 spiro atoms. The van der Waals surface area contributed by atoms with Crippen molar-refractivity contribution in [3.8, 4) is 0 Å². The normalized spacial score (nSPS) is 13.3. The van der Waals surface area contributed by atoms with Gasteiger partial charge in [0.15, 0.2) is 5.58 Å². The lowest BCUT2D eigenvalue weighted by Gasteiger charge is -2.12. The van der Waals surface area contributed by atoms with Crippen LogP contribution in [0, 0.1) is 0 Å². The molecule has 0 aliphatic rings. The first kappa shape index (κ1) is 18.9. The molecule has 3 N–H and O–H groups in total. The van der Waals surface area contributed by atoms with Crippen molar-refractivity contribution in [3.63, 3.8) is 0 Å². The number of pyridine rings is 1. The Morgan fingerprint density at radius 1 is 1.31 bits per heavy atom. The molecule has 1 atom stereocenters. The van der Waals surface area contributed by atoms with Gasteiger partial charge in [-0.25, -0.2) is 4.98 Å². The zero-order valence-electron chi connectivity index (χ0n) is 13.2. The van der Waals surface area contributed by atoms with Crippen LogP contribution >= 0.6 is 23.2 Å². The van der Waals surface area contributed by atoms with Crippen molar-refractivity contribution in [2.45, 2.75) is 31.6 Å². The molecule has 140 valence electrons. The number of rotatable bonds is 6. The van der Waals surface area contributed by atoms with E-state index in [9.17, 15) is 13.2 Å². The van der Waals surface area contributed by atoms with E-state index in [-0.39, 0.29) is 27.9 Å². The van der Waals surface area contributed by atoms with Crippen molar-refractivity contribution >= 4 is 40.0 Å². The fourth-order valence-corrected chi connectivity index (χ4v) is 2.96. The van der Waals surface area contributed by atoms with Gasteiger partial charge in [0, 0.05) is 18.5 Å². The van der Waals surface area contributed by atoms with Gasteiger partial charge in [-0.15, -0.1) is 0 Å². The molecule has 3 aromatic heterocycles. The smallest absolute Gasteiger partial charge is 0.390 e. The van der Waals surface area contributed by atoms with Crippen molar-refractivity contribution in [1.82, 2.24) is 4.98 Å². The summed E-state index contributed by atoms with van der Waals surface area (Å²) < 4.78 is 48.3. The lowest BCUT2D eigenvalue weighted by molar-refractivity contribution is -0.138. The fraction of sp³-hybridized carbons (Fsp3) is 0.312. The lowest BCUT2D eigenvalue weighted by atomic mass is 10.1. The van der Waals surface area contributed by atoms with Gasteiger partial charge in [0.05, 0.1) is 24.9 Å². The highest BCUT2D eigenvalue weighted by molar-refractivity contribution is 6.36. The van der Waals surface area contributed by atoms with E-state index < -0.39 is 18.6 Å². The number of fused-ring (bicyclic) bond motifs is 1. The summed E-state index contributed by atoms with van der Waals surface area (Å²) in [6.45, 7) is 0.351. The first-order chi connectivity index (χ1) is 12.2. The number of anilines is 1. The van der Waals surface area contributed by atoms with Gasteiger partial charge in [0.2, 0.25) is 0 Å². The maximum Gasteiger partial charge on any atom is 0.390 e. The fourth-order valence-electron chi connectivity index (χ4n) is 2.52. The van der Waals surface area contributed by atoms with Crippen molar-refractivity contribution in [2.24, 2.45) is 5.73 Å². The van der Waals surface area contributed by atoms with Crippen LogP contribution in [0.25, 0.3) is 11.1 Å². The molecule has 10 heteroatoms. The van der Waals surface area contributed by atoms with Crippen molar-refractivity contribution in [2.75, 3.05) is 5.32 Å². The van der Waals surface area contributed by atoms with E-state index in [2.05, 4.69) is 10.3 Å². The molecule has 3 heterocycles. The first-order valence-corrected chi connectivity index (χ1v) is 8.34. The van der Waals surface area contributed by atoms with Crippen LogP contribution in [0.3, 0.4) is 0 Å². The maximum absolute atomic E-state index is 12.5. The summed E-state index contributed by atoms with van der Waals surface area (Å²) in [6, 6.07) is 3.88. The minimum absolute atomic E-state index is 0.0983. The molecule has 3 aromatic rings. The van der Waals surface area contributed by atoms with Gasteiger partial charge in [0.1, 0.15) is 27.2 Å². The summed E-state index contributed by atoms with van der Waals surface area (Å²) in [5.41, 5.74) is 6.61. The maximum atomic E-state index is 12.5. The SMILES string of the molecule is N[C@H](Cc1oc2c(NCc3ccco3)cc(Cl)nc2c1Cl)CC(F)(F)F. The highest BCUT2D eigenvalue weighted by Crippen LogP contribution is 2.36. The third kappa shape index (κ3) is 4.44. The molecule has 0 amide bonds. The predicted octanol–water partition coefficient (Wildman–Crippen LogP) is 5.16. The zero-order chi connectivity index (χ0) is 18.9. The Labute approximate surface area is 156 Å². The molecular weight excluding hydrogens is 394 g/mol. The number of nitrogens with zero attached hydrogens (tertiary/aromatic N) is 1. The molecule has 0 bridgehead atoms. The third-order valence-electron chi connectivity index (χ3n) is 3.59. The number of nitrogens with two attached hydrogens (primary N) is 1. The summed E-state index contributed by atoms with van der Waals surface area (Å²) in [4.78, 5) is 4.10. The summed E-state index contributed by atoms with van der Waals surface area (Å²) >= 11 is 12.2. The van der Waals surface area contributed by atoms with Crippen LogP contribution in [-0.4, -0.2) is 17.2 Å². The van der Waals surface area contributed by atoms with Crippen LogP contribution in [0.1, 0.15) is 17.9 Å². The van der Waals surface area contributed by atoms with E-state index in [4.69, 9.17) is 37.8 Å². The molecule has 0 aromatic carbocycles. The van der Waals surface area contributed by atoms with E-state index in [0.29, 0.717) is 23.6 Å². The Bertz CT molecular complexity index is 894. The standard InChI is InChI=1S/C16H14Cl2F3N3O2/c17-12-5-10(23-7-9-2-1-3-25-9)15-14(24-12)13(18)11(26-15)4-8(22)6-16(19,20)21/h1-3,5,8H,4,6-7,22H2,(H,23,24)/t8-/m1/s1. The molecule has 0 radical (unpaired) electrons. The second kappa shape index (κ2) is 7.38. The van der Waals surface area contributed by atoms with Gasteiger partial charge in [-0.2, -0.15) is 13.2 Å². The molecule has 3 rings (SSSR count). The summed E-state index contributed by atoms with van der Waals surface area (Å²) in [7, 11) is 0. The molecule has 0 aliphatic carbocycles. The Morgan fingerprint density at radius 3 is 2.73 bits per heavy atom. The summed E-state index contributed by atoms with van der Waals surface area (Å²) in [6.07, 6.45) is -4.15. The van der Waals surface area contributed by atoms with Crippen molar-refractivity contribution in [1.29, 1.82) is 0 Å². The molecule has 0 aliphatic heterocycles. The quantitative estimate of drug-likeness (QED) is 0.551. The number of hydrogen-bond donors (Lipinski definition) is 2. The van der Waals surface area contributed by atoms with Gasteiger partial charge in [-0.1, -0.05) is 23.2 Å². The van der Waals surface area contributed by atoms with Gasteiger partial charge in [-0.05, 0) is 12.1 Å². The number of aromatic nitrogens is 1. The first-order valence-electron chi connectivity index (χ1n) is 7.59. The summed E-state index contributed by atoms with van der Waals surface area (Å²) in [5, 5.41) is 3.34. The Hall–Kier alpha value is -1.90.